The standard InChI is InChI=1S/C17H23NO6.C12H23N/c1-17(2,3)24-16(22)18-13(9-10-14(19)20)15(21)23-11-12-7-5-4-6-8-12;1-3-7-11(8-4-1)13-12-9-5-2-6-10-12/h4-8,13H,9-11H2,1-3H3,(H,18,22)(H,19,20);11-13H,1-10H2. The number of esters is 1. The first-order valence-electron chi connectivity index (χ1n) is 13.8. The topological polar surface area (TPSA) is 114 Å². The van der Waals surface area contributed by atoms with Gasteiger partial charge in [0.1, 0.15) is 18.2 Å². The molecule has 2 aliphatic rings. The van der Waals surface area contributed by atoms with Crippen LogP contribution in [0.2, 0.25) is 0 Å². The Bertz CT molecular complexity index is 795. The van der Waals surface area contributed by atoms with Gasteiger partial charge in [0.25, 0.3) is 0 Å². The molecule has 1 amide bonds. The second-order valence-corrected chi connectivity index (χ2v) is 11.1. The van der Waals surface area contributed by atoms with Crippen LogP contribution in [-0.2, 0) is 25.7 Å². The fraction of sp³-hybridized carbons (Fsp3) is 0.690. The molecule has 1 aromatic carbocycles. The highest BCUT2D eigenvalue weighted by Gasteiger charge is 2.26. The maximum Gasteiger partial charge on any atom is 0.408 e. The molecule has 2 fully saturated rings. The lowest BCUT2D eigenvalue weighted by molar-refractivity contribution is -0.148. The van der Waals surface area contributed by atoms with Gasteiger partial charge in [-0.1, -0.05) is 68.9 Å². The van der Waals surface area contributed by atoms with E-state index in [2.05, 4.69) is 10.6 Å². The molecule has 3 N–H and O–H groups in total. The van der Waals surface area contributed by atoms with Gasteiger partial charge in [-0.3, -0.25) is 4.79 Å². The molecule has 2 saturated carbocycles. The smallest absolute Gasteiger partial charge is 0.408 e. The predicted octanol–water partition coefficient (Wildman–Crippen LogP) is 5.73. The highest BCUT2D eigenvalue weighted by atomic mass is 16.6. The molecule has 0 heterocycles. The number of ether oxygens (including phenoxy) is 2. The van der Waals surface area contributed by atoms with Gasteiger partial charge in [0.05, 0.1) is 0 Å². The molecule has 0 bridgehead atoms. The molecule has 1 aromatic rings. The number of carbonyl (C=O) groups is 3. The number of nitrogens with one attached hydrogen (secondary N) is 2. The van der Waals surface area contributed by atoms with Crippen molar-refractivity contribution in [2.75, 3.05) is 0 Å². The number of hydrogen-bond donors (Lipinski definition) is 3. The van der Waals surface area contributed by atoms with Gasteiger partial charge < -0.3 is 25.2 Å². The zero-order valence-electron chi connectivity index (χ0n) is 22.8. The number of carboxylic acids is 1. The number of benzene rings is 1. The van der Waals surface area contributed by atoms with Crippen LogP contribution in [0.25, 0.3) is 0 Å². The largest absolute Gasteiger partial charge is 0.481 e. The predicted molar refractivity (Wildman–Crippen MR) is 143 cm³/mol. The molecule has 3 rings (SSSR count). The van der Waals surface area contributed by atoms with Crippen molar-refractivity contribution in [1.29, 1.82) is 0 Å². The zero-order chi connectivity index (χ0) is 27.1. The van der Waals surface area contributed by atoms with Gasteiger partial charge in [-0.15, -0.1) is 0 Å². The maximum absolute atomic E-state index is 12.1. The Hall–Kier alpha value is -2.61. The van der Waals surface area contributed by atoms with E-state index < -0.39 is 29.7 Å². The van der Waals surface area contributed by atoms with Gasteiger partial charge in [-0.25, -0.2) is 9.59 Å². The first-order chi connectivity index (χ1) is 17.6. The summed E-state index contributed by atoms with van der Waals surface area (Å²) in [4.78, 5) is 34.7. The molecular weight excluding hydrogens is 472 g/mol. The Morgan fingerprint density at radius 3 is 1.95 bits per heavy atom. The summed E-state index contributed by atoms with van der Waals surface area (Å²) >= 11 is 0. The van der Waals surface area contributed by atoms with Crippen molar-refractivity contribution in [3.8, 4) is 0 Å². The van der Waals surface area contributed by atoms with Crippen LogP contribution in [0, 0.1) is 0 Å². The number of carbonyl (C=O) groups excluding carboxylic acids is 2. The average Bonchev–Trinajstić information content (AvgIpc) is 2.86. The minimum absolute atomic E-state index is 0.0409. The number of aliphatic carboxylic acids is 1. The Labute approximate surface area is 221 Å². The molecule has 0 saturated heterocycles. The van der Waals surface area contributed by atoms with E-state index in [1.54, 1.807) is 32.9 Å². The van der Waals surface area contributed by atoms with Gasteiger partial charge in [-0.2, -0.15) is 0 Å². The van der Waals surface area contributed by atoms with Gasteiger partial charge in [-0.05, 0) is 58.4 Å². The van der Waals surface area contributed by atoms with Crippen LogP contribution in [0.15, 0.2) is 30.3 Å². The summed E-state index contributed by atoms with van der Waals surface area (Å²) in [5.41, 5.74) is 0.0650. The van der Waals surface area contributed by atoms with Crippen LogP contribution in [0.3, 0.4) is 0 Å². The van der Waals surface area contributed by atoms with Gasteiger partial charge in [0.2, 0.25) is 0 Å². The number of carboxylic acid groups (broad SMARTS) is 1. The lowest BCUT2D eigenvalue weighted by Gasteiger charge is -2.30. The summed E-state index contributed by atoms with van der Waals surface area (Å²) < 4.78 is 10.2. The third-order valence-electron chi connectivity index (χ3n) is 6.53. The number of alkyl carbamates (subject to hydrolysis) is 1. The summed E-state index contributed by atoms with van der Waals surface area (Å²) in [6, 6.07) is 9.70. The lowest BCUT2D eigenvalue weighted by Crippen LogP contribution is -2.44. The number of amides is 1. The molecule has 37 heavy (non-hydrogen) atoms. The van der Waals surface area contributed by atoms with E-state index in [1.807, 2.05) is 18.2 Å². The average molecular weight is 519 g/mol. The van der Waals surface area contributed by atoms with Gasteiger partial charge in [0, 0.05) is 18.5 Å². The van der Waals surface area contributed by atoms with E-state index in [9.17, 15) is 14.4 Å². The molecule has 2 aliphatic carbocycles. The number of hydrogen-bond acceptors (Lipinski definition) is 6. The molecule has 8 nitrogen and oxygen atoms in total. The maximum atomic E-state index is 12.1. The van der Waals surface area contributed by atoms with E-state index >= 15 is 0 Å². The first kappa shape index (κ1) is 30.6. The van der Waals surface area contributed by atoms with E-state index in [4.69, 9.17) is 14.6 Å². The minimum Gasteiger partial charge on any atom is -0.481 e. The second-order valence-electron chi connectivity index (χ2n) is 11.1. The summed E-state index contributed by atoms with van der Waals surface area (Å²) in [5, 5.41) is 15.0. The van der Waals surface area contributed by atoms with E-state index in [1.165, 1.54) is 64.2 Å². The Kier molecular flexibility index (Phi) is 13.5. The summed E-state index contributed by atoms with van der Waals surface area (Å²) in [7, 11) is 0. The van der Waals surface area contributed by atoms with Crippen LogP contribution in [0.4, 0.5) is 4.79 Å². The van der Waals surface area contributed by atoms with Crippen molar-refractivity contribution in [2.45, 2.75) is 128 Å². The van der Waals surface area contributed by atoms with Crippen LogP contribution in [0.1, 0.15) is 103 Å². The summed E-state index contributed by atoms with van der Waals surface area (Å²) in [6.45, 7) is 5.10. The molecule has 0 spiro atoms. The molecule has 0 aliphatic heterocycles. The van der Waals surface area contributed by atoms with Crippen LogP contribution >= 0.6 is 0 Å². The highest BCUT2D eigenvalue weighted by Crippen LogP contribution is 2.22. The van der Waals surface area contributed by atoms with Crippen molar-refractivity contribution in [3.63, 3.8) is 0 Å². The molecule has 8 heteroatoms. The normalized spacial score (nSPS) is 17.6. The molecule has 0 radical (unpaired) electrons. The fourth-order valence-electron chi connectivity index (χ4n) is 4.67. The third kappa shape index (κ3) is 14.1. The van der Waals surface area contributed by atoms with Crippen molar-refractivity contribution in [1.82, 2.24) is 10.6 Å². The van der Waals surface area contributed by atoms with Crippen molar-refractivity contribution >= 4 is 18.0 Å². The SMILES string of the molecule is C1CCC(NC2CCCCC2)CC1.CC(C)(C)OC(=O)NC(CCC(=O)O)C(=O)OCc1ccccc1. The Morgan fingerprint density at radius 2 is 1.46 bits per heavy atom. The monoisotopic (exact) mass is 518 g/mol. The van der Waals surface area contributed by atoms with Gasteiger partial charge >= 0.3 is 18.0 Å². The first-order valence-corrected chi connectivity index (χ1v) is 13.8. The molecule has 208 valence electrons. The van der Waals surface area contributed by atoms with Crippen LogP contribution in [-0.4, -0.2) is 46.9 Å². The highest BCUT2D eigenvalue weighted by molar-refractivity contribution is 5.82. The molecule has 1 unspecified atom stereocenters. The fourth-order valence-corrected chi connectivity index (χ4v) is 4.67. The Morgan fingerprint density at radius 1 is 0.919 bits per heavy atom. The van der Waals surface area contributed by atoms with Gasteiger partial charge in [0.15, 0.2) is 0 Å². The zero-order valence-corrected chi connectivity index (χ0v) is 22.8. The minimum atomic E-state index is -1.08. The van der Waals surface area contributed by atoms with Crippen LogP contribution in [0.5, 0.6) is 0 Å². The third-order valence-corrected chi connectivity index (χ3v) is 6.53. The lowest BCUT2D eigenvalue weighted by atomic mass is 9.91. The second kappa shape index (κ2) is 16.3. The molecular formula is C29H46N2O6. The van der Waals surface area contributed by atoms with E-state index in [0.29, 0.717) is 0 Å². The van der Waals surface area contributed by atoms with Crippen LogP contribution < -0.4 is 10.6 Å². The quantitative estimate of drug-likeness (QED) is 0.358. The Balaban J connectivity index is 0.000000308. The van der Waals surface area contributed by atoms with E-state index in [-0.39, 0.29) is 19.4 Å². The van der Waals surface area contributed by atoms with Crippen molar-refractivity contribution in [2.24, 2.45) is 0 Å². The summed E-state index contributed by atoms with van der Waals surface area (Å²) in [5.74, 6) is -1.77. The van der Waals surface area contributed by atoms with E-state index in [0.717, 1.165) is 17.6 Å². The van der Waals surface area contributed by atoms with Crippen molar-refractivity contribution < 1.29 is 29.0 Å². The summed E-state index contributed by atoms with van der Waals surface area (Å²) in [6.07, 6.45) is 13.4. The van der Waals surface area contributed by atoms with Crippen molar-refractivity contribution in [3.05, 3.63) is 35.9 Å². The molecule has 1 atom stereocenters. The number of rotatable bonds is 9. The molecule has 0 aromatic heterocycles.